The van der Waals surface area contributed by atoms with E-state index in [0.29, 0.717) is 11.9 Å². The van der Waals surface area contributed by atoms with Crippen LogP contribution in [0, 0.1) is 0 Å². The maximum atomic E-state index is 10.9. The van der Waals surface area contributed by atoms with Gasteiger partial charge in [0, 0.05) is 18.8 Å². The molecule has 0 aliphatic heterocycles. The summed E-state index contributed by atoms with van der Waals surface area (Å²) in [5.41, 5.74) is 0.116. The summed E-state index contributed by atoms with van der Waals surface area (Å²) >= 11 is 6.06. The molecule has 0 radical (unpaired) electrons. The van der Waals surface area contributed by atoms with E-state index in [-0.39, 0.29) is 10.6 Å². The molecule has 0 atom stereocenters. The van der Waals surface area contributed by atoms with Crippen molar-refractivity contribution in [3.8, 4) is 0 Å². The number of halogens is 1. The van der Waals surface area contributed by atoms with Crippen molar-refractivity contribution in [2.45, 2.75) is 25.8 Å². The van der Waals surface area contributed by atoms with Crippen molar-refractivity contribution in [3.63, 3.8) is 0 Å². The normalized spacial score (nSPS) is 14.9. The van der Waals surface area contributed by atoms with Crippen LogP contribution < -0.4 is 4.90 Å². The van der Waals surface area contributed by atoms with Crippen molar-refractivity contribution in [1.29, 1.82) is 0 Å². The van der Waals surface area contributed by atoms with Crippen molar-refractivity contribution in [3.05, 3.63) is 22.8 Å². The van der Waals surface area contributed by atoms with Crippen LogP contribution in [0.1, 0.15) is 30.1 Å². The van der Waals surface area contributed by atoms with Crippen LogP contribution in [0.5, 0.6) is 0 Å². The molecular weight excluding hydrogens is 228 g/mol. The molecule has 1 N–H and O–H groups in total. The lowest BCUT2D eigenvalue weighted by Crippen LogP contribution is -2.26. The molecule has 0 saturated heterocycles. The number of nitrogens with zero attached hydrogens (tertiary/aromatic N) is 2. The molecule has 1 aliphatic carbocycles. The number of carboxylic acid groups (broad SMARTS) is 1. The molecule has 1 aromatic heterocycles. The van der Waals surface area contributed by atoms with Crippen molar-refractivity contribution < 1.29 is 9.90 Å². The number of rotatable bonds is 4. The molecule has 0 bridgehead atoms. The van der Waals surface area contributed by atoms with E-state index < -0.39 is 5.97 Å². The molecule has 1 saturated carbocycles. The Morgan fingerprint density at radius 1 is 1.69 bits per heavy atom. The SMILES string of the molecule is CCN(c1nccc(C(=O)O)c1Cl)C1CC1. The largest absolute Gasteiger partial charge is 0.478 e. The van der Waals surface area contributed by atoms with Gasteiger partial charge < -0.3 is 10.0 Å². The highest BCUT2D eigenvalue weighted by Gasteiger charge is 2.31. The third kappa shape index (κ3) is 1.97. The highest BCUT2D eigenvalue weighted by Crippen LogP contribution is 2.35. The Hall–Kier alpha value is -1.29. The molecule has 1 aromatic rings. The molecule has 1 aliphatic rings. The van der Waals surface area contributed by atoms with Gasteiger partial charge in [-0.05, 0) is 25.8 Å². The number of anilines is 1. The van der Waals surface area contributed by atoms with Crippen molar-refractivity contribution >= 4 is 23.4 Å². The quantitative estimate of drug-likeness (QED) is 0.878. The van der Waals surface area contributed by atoms with Gasteiger partial charge in [-0.25, -0.2) is 9.78 Å². The van der Waals surface area contributed by atoms with Gasteiger partial charge in [-0.15, -0.1) is 0 Å². The molecule has 0 aromatic carbocycles. The van der Waals surface area contributed by atoms with Crippen LogP contribution in [0.4, 0.5) is 5.82 Å². The zero-order valence-corrected chi connectivity index (χ0v) is 9.74. The van der Waals surface area contributed by atoms with E-state index in [1.807, 2.05) is 6.92 Å². The van der Waals surface area contributed by atoms with Crippen molar-refractivity contribution in [2.75, 3.05) is 11.4 Å². The van der Waals surface area contributed by atoms with Gasteiger partial charge in [0.15, 0.2) is 0 Å². The number of hydrogen-bond acceptors (Lipinski definition) is 3. The van der Waals surface area contributed by atoms with E-state index in [2.05, 4.69) is 9.88 Å². The van der Waals surface area contributed by atoms with Gasteiger partial charge in [0.05, 0.1) is 10.6 Å². The fraction of sp³-hybridized carbons (Fsp3) is 0.455. The lowest BCUT2D eigenvalue weighted by Gasteiger charge is -2.22. The van der Waals surface area contributed by atoms with Crippen LogP contribution in [-0.2, 0) is 0 Å². The number of aromatic nitrogens is 1. The van der Waals surface area contributed by atoms with Crippen molar-refractivity contribution in [1.82, 2.24) is 4.98 Å². The third-order valence-corrected chi connectivity index (χ3v) is 3.07. The van der Waals surface area contributed by atoms with Crippen LogP contribution in [0.3, 0.4) is 0 Å². The monoisotopic (exact) mass is 240 g/mol. The molecule has 4 nitrogen and oxygen atoms in total. The fourth-order valence-corrected chi connectivity index (χ4v) is 2.07. The second kappa shape index (κ2) is 4.29. The highest BCUT2D eigenvalue weighted by molar-refractivity contribution is 6.35. The van der Waals surface area contributed by atoms with E-state index in [0.717, 1.165) is 19.4 Å². The first-order chi connectivity index (χ1) is 7.65. The summed E-state index contributed by atoms with van der Waals surface area (Å²) in [6.45, 7) is 2.81. The minimum Gasteiger partial charge on any atom is -0.478 e. The molecule has 0 unspecified atom stereocenters. The Balaban J connectivity index is 2.39. The van der Waals surface area contributed by atoms with Crippen molar-refractivity contribution in [2.24, 2.45) is 0 Å². The number of carboxylic acids is 1. The van der Waals surface area contributed by atoms with Gasteiger partial charge >= 0.3 is 5.97 Å². The van der Waals surface area contributed by atoms with E-state index in [1.54, 1.807) is 0 Å². The Kier molecular flexibility index (Phi) is 3.01. The zero-order valence-electron chi connectivity index (χ0n) is 8.98. The number of hydrogen-bond donors (Lipinski definition) is 1. The van der Waals surface area contributed by atoms with Gasteiger partial charge in [0.1, 0.15) is 5.82 Å². The van der Waals surface area contributed by atoms with E-state index in [1.165, 1.54) is 12.3 Å². The lowest BCUT2D eigenvalue weighted by atomic mass is 10.2. The van der Waals surface area contributed by atoms with Gasteiger partial charge in [-0.1, -0.05) is 11.6 Å². The number of pyridine rings is 1. The standard InChI is InChI=1S/C11H13ClN2O2/c1-2-14(7-3-4-7)10-9(12)8(11(15)16)5-6-13-10/h5-7H,2-4H2,1H3,(H,15,16). The molecule has 86 valence electrons. The molecular formula is C11H13ClN2O2. The van der Waals surface area contributed by atoms with Crippen LogP contribution in [0.15, 0.2) is 12.3 Å². The van der Waals surface area contributed by atoms with E-state index in [4.69, 9.17) is 16.7 Å². The first-order valence-corrected chi connectivity index (χ1v) is 5.67. The second-order valence-electron chi connectivity index (χ2n) is 3.82. The average molecular weight is 241 g/mol. The summed E-state index contributed by atoms with van der Waals surface area (Å²) in [5.74, 6) is -0.424. The Bertz CT molecular complexity index is 418. The van der Waals surface area contributed by atoms with Gasteiger partial charge in [-0.3, -0.25) is 0 Å². The summed E-state index contributed by atoms with van der Waals surface area (Å²) in [4.78, 5) is 17.2. The van der Waals surface area contributed by atoms with Gasteiger partial charge in [0.2, 0.25) is 0 Å². The molecule has 0 amide bonds. The van der Waals surface area contributed by atoms with Gasteiger partial charge in [0.25, 0.3) is 0 Å². The molecule has 5 heteroatoms. The summed E-state index contributed by atoms with van der Waals surface area (Å²) in [7, 11) is 0. The molecule has 0 spiro atoms. The molecule has 16 heavy (non-hydrogen) atoms. The predicted molar refractivity (Wildman–Crippen MR) is 62.2 cm³/mol. The minimum atomic E-state index is -1.01. The summed E-state index contributed by atoms with van der Waals surface area (Å²) in [5, 5.41) is 9.21. The van der Waals surface area contributed by atoms with Crippen LogP contribution >= 0.6 is 11.6 Å². The Morgan fingerprint density at radius 3 is 2.88 bits per heavy atom. The average Bonchev–Trinajstić information content (AvgIpc) is 3.05. The lowest BCUT2D eigenvalue weighted by molar-refractivity contribution is 0.0697. The maximum absolute atomic E-state index is 10.9. The topological polar surface area (TPSA) is 53.4 Å². The highest BCUT2D eigenvalue weighted by atomic mass is 35.5. The second-order valence-corrected chi connectivity index (χ2v) is 4.20. The van der Waals surface area contributed by atoms with E-state index in [9.17, 15) is 4.79 Å². The third-order valence-electron chi connectivity index (χ3n) is 2.70. The fourth-order valence-electron chi connectivity index (χ4n) is 1.77. The molecule has 1 heterocycles. The van der Waals surface area contributed by atoms with Gasteiger partial charge in [-0.2, -0.15) is 0 Å². The Labute approximate surface area is 98.9 Å². The summed E-state index contributed by atoms with van der Waals surface area (Å²) < 4.78 is 0. The number of carbonyl (C=O) groups is 1. The predicted octanol–water partition coefficient (Wildman–Crippen LogP) is 2.42. The molecule has 1 fully saturated rings. The maximum Gasteiger partial charge on any atom is 0.337 e. The Morgan fingerprint density at radius 2 is 2.38 bits per heavy atom. The van der Waals surface area contributed by atoms with Crippen LogP contribution in [-0.4, -0.2) is 28.6 Å². The van der Waals surface area contributed by atoms with Crippen LogP contribution in [0.25, 0.3) is 0 Å². The first-order valence-electron chi connectivity index (χ1n) is 5.29. The van der Waals surface area contributed by atoms with Crippen LogP contribution in [0.2, 0.25) is 5.02 Å². The first kappa shape index (κ1) is 11.2. The summed E-state index contributed by atoms with van der Waals surface area (Å²) in [6.07, 6.45) is 3.75. The smallest absolute Gasteiger partial charge is 0.337 e. The number of aromatic carboxylic acids is 1. The minimum absolute atomic E-state index is 0.116. The van der Waals surface area contributed by atoms with E-state index >= 15 is 0 Å². The zero-order chi connectivity index (χ0) is 11.7. The molecule has 2 rings (SSSR count). The summed E-state index contributed by atoms with van der Waals surface area (Å²) in [6, 6.07) is 1.90.